The molecule has 3 heterocycles. The Morgan fingerprint density at radius 3 is 2.46 bits per heavy atom. The highest BCUT2D eigenvalue weighted by Gasteiger charge is 2.32. The molecule has 8 nitrogen and oxygen atoms in total. The number of carbonyl (C=O) groups is 2. The minimum atomic E-state index is 0.0197. The zero-order chi connectivity index (χ0) is 19.1. The quantitative estimate of drug-likeness (QED) is 0.877. The summed E-state index contributed by atoms with van der Waals surface area (Å²) < 4.78 is 5.34. The average Bonchev–Trinajstić information content (AvgIpc) is 3.31. The molecule has 28 heavy (non-hydrogen) atoms. The standard InChI is InChI=1S/C20H23N5O3/c26-19(24-10-7-16(8-11-24)25-12-9-21-20(25)27)15-5-3-14(4-6-15)18-22-17(23-28-18)13-1-2-13/h3-6,13,16H,1-2,7-12H2,(H,21,27). The molecule has 3 aliphatic rings. The van der Waals surface area contributed by atoms with Crippen LogP contribution in [-0.2, 0) is 0 Å². The van der Waals surface area contributed by atoms with Crippen molar-refractivity contribution in [2.75, 3.05) is 26.2 Å². The molecule has 2 aromatic rings. The van der Waals surface area contributed by atoms with Crippen molar-refractivity contribution in [3.63, 3.8) is 0 Å². The molecule has 3 fully saturated rings. The maximum absolute atomic E-state index is 12.8. The molecule has 1 aliphatic carbocycles. The average molecular weight is 381 g/mol. The van der Waals surface area contributed by atoms with Crippen LogP contribution in [-0.4, -0.2) is 64.1 Å². The lowest BCUT2D eigenvalue weighted by Crippen LogP contribution is -2.47. The normalized spacial score (nSPS) is 20.5. The van der Waals surface area contributed by atoms with E-state index in [1.165, 1.54) is 0 Å². The number of benzene rings is 1. The zero-order valence-electron chi connectivity index (χ0n) is 15.6. The van der Waals surface area contributed by atoms with Gasteiger partial charge in [-0.1, -0.05) is 5.16 Å². The maximum atomic E-state index is 12.8. The van der Waals surface area contributed by atoms with E-state index in [0.717, 1.165) is 43.6 Å². The molecule has 2 saturated heterocycles. The molecule has 8 heteroatoms. The number of urea groups is 1. The van der Waals surface area contributed by atoms with Gasteiger partial charge in [-0.25, -0.2) is 4.79 Å². The van der Waals surface area contributed by atoms with E-state index < -0.39 is 0 Å². The summed E-state index contributed by atoms with van der Waals surface area (Å²) in [6.07, 6.45) is 3.91. The fraction of sp³-hybridized carbons (Fsp3) is 0.500. The highest BCUT2D eigenvalue weighted by atomic mass is 16.5. The molecular weight excluding hydrogens is 358 g/mol. The van der Waals surface area contributed by atoms with Gasteiger partial charge in [-0.05, 0) is 49.9 Å². The SMILES string of the molecule is O=C(c1ccc(-c2nc(C3CC3)no2)cc1)N1CCC(N2CCNC2=O)CC1. The number of piperidine rings is 1. The second-order valence-electron chi connectivity index (χ2n) is 7.76. The maximum Gasteiger partial charge on any atom is 0.317 e. The van der Waals surface area contributed by atoms with E-state index in [-0.39, 0.29) is 18.0 Å². The van der Waals surface area contributed by atoms with Crippen LogP contribution in [0.15, 0.2) is 28.8 Å². The number of nitrogens with zero attached hydrogens (tertiary/aromatic N) is 4. The van der Waals surface area contributed by atoms with Gasteiger partial charge in [-0.15, -0.1) is 0 Å². The first kappa shape index (κ1) is 17.2. The molecule has 3 amide bonds. The van der Waals surface area contributed by atoms with E-state index in [1.54, 1.807) is 0 Å². The first-order chi connectivity index (χ1) is 13.7. The number of amides is 3. The predicted molar refractivity (Wildman–Crippen MR) is 101 cm³/mol. The van der Waals surface area contributed by atoms with Crippen LogP contribution in [0.3, 0.4) is 0 Å². The largest absolute Gasteiger partial charge is 0.338 e. The zero-order valence-corrected chi connectivity index (χ0v) is 15.6. The molecule has 0 unspecified atom stereocenters. The van der Waals surface area contributed by atoms with Gasteiger partial charge in [0.25, 0.3) is 11.8 Å². The summed E-state index contributed by atoms with van der Waals surface area (Å²) in [6.45, 7) is 2.82. The van der Waals surface area contributed by atoms with Gasteiger partial charge in [0.05, 0.1) is 0 Å². The van der Waals surface area contributed by atoms with Crippen molar-refractivity contribution in [3.05, 3.63) is 35.7 Å². The van der Waals surface area contributed by atoms with Crippen LogP contribution >= 0.6 is 0 Å². The molecule has 146 valence electrons. The lowest BCUT2D eigenvalue weighted by atomic mass is 10.0. The summed E-state index contributed by atoms with van der Waals surface area (Å²) in [7, 11) is 0. The van der Waals surface area contributed by atoms with Gasteiger partial charge in [0.2, 0.25) is 0 Å². The summed E-state index contributed by atoms with van der Waals surface area (Å²) >= 11 is 0. The number of carbonyl (C=O) groups excluding carboxylic acids is 2. The number of nitrogens with one attached hydrogen (secondary N) is 1. The number of aromatic nitrogens is 2. The first-order valence-corrected chi connectivity index (χ1v) is 9.97. The van der Waals surface area contributed by atoms with Crippen molar-refractivity contribution in [1.82, 2.24) is 25.3 Å². The van der Waals surface area contributed by atoms with Gasteiger partial charge in [-0.2, -0.15) is 4.98 Å². The first-order valence-electron chi connectivity index (χ1n) is 9.97. The monoisotopic (exact) mass is 381 g/mol. The van der Waals surface area contributed by atoms with E-state index in [4.69, 9.17) is 4.52 Å². The lowest BCUT2D eigenvalue weighted by molar-refractivity contribution is 0.0666. The van der Waals surface area contributed by atoms with Gasteiger partial charge in [0.15, 0.2) is 5.82 Å². The van der Waals surface area contributed by atoms with Crippen molar-refractivity contribution in [1.29, 1.82) is 0 Å². The summed E-state index contributed by atoms with van der Waals surface area (Å²) in [4.78, 5) is 32.9. The minimum Gasteiger partial charge on any atom is -0.338 e. The molecule has 1 aromatic heterocycles. The number of hydrogen-bond acceptors (Lipinski definition) is 5. The minimum absolute atomic E-state index is 0.0197. The molecule has 1 N–H and O–H groups in total. The fourth-order valence-electron chi connectivity index (χ4n) is 4.01. The molecule has 0 radical (unpaired) electrons. The second kappa shape index (κ2) is 6.92. The number of rotatable bonds is 4. The smallest absolute Gasteiger partial charge is 0.317 e. The van der Waals surface area contributed by atoms with E-state index in [1.807, 2.05) is 34.1 Å². The second-order valence-corrected chi connectivity index (χ2v) is 7.76. The van der Waals surface area contributed by atoms with Crippen LogP contribution in [0, 0.1) is 0 Å². The Balaban J connectivity index is 1.21. The highest BCUT2D eigenvalue weighted by molar-refractivity contribution is 5.94. The van der Waals surface area contributed by atoms with Crippen molar-refractivity contribution < 1.29 is 14.1 Å². The molecule has 0 spiro atoms. The fourth-order valence-corrected chi connectivity index (χ4v) is 4.01. The Hall–Kier alpha value is -2.90. The third-order valence-electron chi connectivity index (χ3n) is 5.85. The van der Waals surface area contributed by atoms with Crippen LogP contribution in [0.2, 0.25) is 0 Å². The molecule has 0 atom stereocenters. The highest BCUT2D eigenvalue weighted by Crippen LogP contribution is 2.38. The van der Waals surface area contributed by atoms with Crippen molar-refractivity contribution in [2.24, 2.45) is 0 Å². The predicted octanol–water partition coefficient (Wildman–Crippen LogP) is 2.24. The Labute approximate surface area is 162 Å². The summed E-state index contributed by atoms with van der Waals surface area (Å²) in [5.74, 6) is 1.77. The van der Waals surface area contributed by atoms with E-state index >= 15 is 0 Å². The van der Waals surface area contributed by atoms with E-state index in [2.05, 4.69) is 15.5 Å². The molecule has 1 aromatic carbocycles. The van der Waals surface area contributed by atoms with E-state index in [0.29, 0.717) is 37.0 Å². The summed E-state index contributed by atoms with van der Waals surface area (Å²) in [5.41, 5.74) is 1.48. The van der Waals surface area contributed by atoms with Crippen LogP contribution in [0.25, 0.3) is 11.5 Å². The van der Waals surface area contributed by atoms with Crippen LogP contribution < -0.4 is 5.32 Å². The molecule has 2 aliphatic heterocycles. The molecular formula is C20H23N5O3. The Morgan fingerprint density at radius 2 is 1.82 bits per heavy atom. The summed E-state index contributed by atoms with van der Waals surface area (Å²) in [5, 5.41) is 6.88. The molecule has 5 rings (SSSR count). The molecule has 0 bridgehead atoms. The molecule has 1 saturated carbocycles. The third kappa shape index (κ3) is 3.23. The summed E-state index contributed by atoms with van der Waals surface area (Å²) in [6, 6.07) is 7.60. The van der Waals surface area contributed by atoms with Crippen LogP contribution in [0.1, 0.15) is 47.8 Å². The Bertz CT molecular complexity index is 882. The van der Waals surface area contributed by atoms with Crippen LogP contribution in [0.5, 0.6) is 0 Å². The lowest BCUT2D eigenvalue weighted by Gasteiger charge is -2.36. The van der Waals surface area contributed by atoms with Gasteiger partial charge in [-0.3, -0.25) is 4.79 Å². The van der Waals surface area contributed by atoms with Crippen molar-refractivity contribution in [3.8, 4) is 11.5 Å². The van der Waals surface area contributed by atoms with Crippen LogP contribution in [0.4, 0.5) is 4.79 Å². The van der Waals surface area contributed by atoms with Crippen molar-refractivity contribution in [2.45, 2.75) is 37.6 Å². The van der Waals surface area contributed by atoms with Gasteiger partial charge in [0, 0.05) is 49.3 Å². The Kier molecular flexibility index (Phi) is 4.26. The third-order valence-corrected chi connectivity index (χ3v) is 5.85. The van der Waals surface area contributed by atoms with E-state index in [9.17, 15) is 9.59 Å². The van der Waals surface area contributed by atoms with Gasteiger partial charge in [0.1, 0.15) is 0 Å². The number of hydrogen-bond donors (Lipinski definition) is 1. The van der Waals surface area contributed by atoms with Gasteiger partial charge < -0.3 is 19.6 Å². The topological polar surface area (TPSA) is 91.6 Å². The van der Waals surface area contributed by atoms with Crippen molar-refractivity contribution >= 4 is 11.9 Å². The number of likely N-dealkylation sites (tertiary alicyclic amines) is 1. The Morgan fingerprint density at radius 1 is 1.07 bits per heavy atom. The van der Waals surface area contributed by atoms with Gasteiger partial charge >= 0.3 is 6.03 Å².